The van der Waals surface area contributed by atoms with E-state index in [1.54, 1.807) is 11.1 Å². The molecule has 0 bridgehead atoms. The predicted molar refractivity (Wildman–Crippen MR) is 77.0 cm³/mol. The zero-order chi connectivity index (χ0) is 14.5. The number of carbonyl (C=O) groups is 2. The number of nitrogens with one attached hydrogen (secondary N) is 1. The summed E-state index contributed by atoms with van der Waals surface area (Å²) in [6, 6.07) is -0.115. The molecular weight excluding hydrogens is 278 g/mol. The highest BCUT2D eigenvalue weighted by atomic mass is 32.1. The Balaban J connectivity index is 1.75. The molecule has 1 aliphatic heterocycles. The maximum absolute atomic E-state index is 12.0. The summed E-state index contributed by atoms with van der Waals surface area (Å²) in [5.41, 5.74) is 0. The molecule has 0 saturated carbocycles. The number of nitrogens with zero attached hydrogens (tertiary/aromatic N) is 2. The van der Waals surface area contributed by atoms with Gasteiger partial charge in [0, 0.05) is 30.6 Å². The largest absolute Gasteiger partial charge is 0.481 e. The smallest absolute Gasteiger partial charge is 0.323 e. The Morgan fingerprint density at radius 1 is 1.50 bits per heavy atom. The van der Waals surface area contributed by atoms with Crippen LogP contribution in [0.5, 0.6) is 0 Å². The topological polar surface area (TPSA) is 82.5 Å². The summed E-state index contributed by atoms with van der Waals surface area (Å²) in [5, 5.41) is 12.1. The van der Waals surface area contributed by atoms with E-state index in [-0.39, 0.29) is 12.5 Å². The molecule has 110 valence electrons. The number of aromatic nitrogens is 1. The van der Waals surface area contributed by atoms with E-state index in [0.29, 0.717) is 30.6 Å². The second-order valence-corrected chi connectivity index (χ2v) is 6.30. The summed E-state index contributed by atoms with van der Waals surface area (Å²) in [6.07, 6.45) is 4.40. The highest BCUT2D eigenvalue weighted by Gasteiger charge is 2.23. The Kier molecular flexibility index (Phi) is 4.94. The number of piperidine rings is 1. The van der Waals surface area contributed by atoms with Crippen molar-refractivity contribution in [1.82, 2.24) is 9.88 Å². The van der Waals surface area contributed by atoms with Gasteiger partial charge in [0.05, 0.1) is 0 Å². The molecule has 0 unspecified atom stereocenters. The lowest BCUT2D eigenvalue weighted by Gasteiger charge is -2.31. The van der Waals surface area contributed by atoms with Crippen molar-refractivity contribution in [2.75, 3.05) is 18.4 Å². The fourth-order valence-corrected chi connectivity index (χ4v) is 2.99. The number of likely N-dealkylation sites (tertiary alicyclic amines) is 1. The van der Waals surface area contributed by atoms with Crippen LogP contribution in [-0.4, -0.2) is 40.1 Å². The first-order chi connectivity index (χ1) is 9.54. The first-order valence-corrected chi connectivity index (χ1v) is 7.56. The fraction of sp³-hybridized carbons (Fsp3) is 0.615. The Bertz CT molecular complexity index is 481. The molecule has 20 heavy (non-hydrogen) atoms. The van der Waals surface area contributed by atoms with Crippen molar-refractivity contribution < 1.29 is 14.7 Å². The number of hydrogen-bond acceptors (Lipinski definition) is 4. The van der Waals surface area contributed by atoms with Gasteiger partial charge in [0.1, 0.15) is 0 Å². The number of carboxylic acids is 1. The number of hydrogen-bond donors (Lipinski definition) is 2. The third-order valence-corrected chi connectivity index (χ3v) is 4.33. The van der Waals surface area contributed by atoms with Crippen molar-refractivity contribution in [2.24, 2.45) is 5.92 Å². The molecule has 7 heteroatoms. The predicted octanol–water partition coefficient (Wildman–Crippen LogP) is 2.56. The average Bonchev–Trinajstić information content (AvgIpc) is 2.82. The van der Waals surface area contributed by atoms with Gasteiger partial charge in [-0.05, 0) is 32.1 Å². The van der Waals surface area contributed by atoms with Crippen LogP contribution in [0.4, 0.5) is 9.93 Å². The summed E-state index contributed by atoms with van der Waals surface area (Å²) in [4.78, 5) is 29.5. The van der Waals surface area contributed by atoms with Crippen LogP contribution in [-0.2, 0) is 4.79 Å². The number of aryl methyl sites for hydroxylation is 1. The van der Waals surface area contributed by atoms with Gasteiger partial charge in [-0.1, -0.05) is 0 Å². The van der Waals surface area contributed by atoms with Gasteiger partial charge >= 0.3 is 12.0 Å². The van der Waals surface area contributed by atoms with E-state index in [9.17, 15) is 9.59 Å². The second kappa shape index (κ2) is 6.69. The van der Waals surface area contributed by atoms with Crippen molar-refractivity contribution >= 4 is 28.5 Å². The molecule has 0 atom stereocenters. The summed E-state index contributed by atoms with van der Waals surface area (Å²) < 4.78 is 0. The summed E-state index contributed by atoms with van der Waals surface area (Å²) in [6.45, 7) is 3.31. The maximum atomic E-state index is 12.0. The lowest BCUT2D eigenvalue weighted by molar-refractivity contribution is -0.137. The molecule has 0 radical (unpaired) electrons. The van der Waals surface area contributed by atoms with E-state index in [0.717, 1.165) is 17.7 Å². The van der Waals surface area contributed by atoms with Gasteiger partial charge in [0.2, 0.25) is 0 Å². The maximum Gasteiger partial charge on any atom is 0.323 e. The number of rotatable bonds is 4. The van der Waals surface area contributed by atoms with Gasteiger partial charge < -0.3 is 10.0 Å². The summed E-state index contributed by atoms with van der Waals surface area (Å²) in [7, 11) is 0. The van der Waals surface area contributed by atoms with E-state index in [4.69, 9.17) is 5.11 Å². The lowest BCUT2D eigenvalue weighted by atomic mass is 9.92. The molecule has 2 N–H and O–H groups in total. The van der Waals surface area contributed by atoms with Crippen LogP contribution in [0.2, 0.25) is 0 Å². The first-order valence-electron chi connectivity index (χ1n) is 6.74. The van der Waals surface area contributed by atoms with Gasteiger partial charge in [0.15, 0.2) is 5.13 Å². The van der Waals surface area contributed by atoms with Crippen molar-refractivity contribution in [3.8, 4) is 0 Å². The Labute approximate surface area is 121 Å². The zero-order valence-corrected chi connectivity index (χ0v) is 12.3. The molecule has 1 saturated heterocycles. The Morgan fingerprint density at radius 3 is 2.75 bits per heavy atom. The zero-order valence-electron chi connectivity index (χ0n) is 11.5. The number of aliphatic carboxylic acids is 1. The molecule has 2 rings (SSSR count). The normalized spacial score (nSPS) is 16.1. The monoisotopic (exact) mass is 297 g/mol. The quantitative estimate of drug-likeness (QED) is 0.894. The number of urea groups is 1. The van der Waals surface area contributed by atoms with Gasteiger partial charge in [-0.15, -0.1) is 11.3 Å². The van der Waals surface area contributed by atoms with Crippen molar-refractivity contribution in [2.45, 2.75) is 32.6 Å². The SMILES string of the molecule is Cc1cnc(NC(=O)N2CCC(CCC(=O)O)CC2)s1. The third-order valence-electron chi connectivity index (χ3n) is 3.50. The number of carboxylic acid groups (broad SMARTS) is 1. The lowest BCUT2D eigenvalue weighted by Crippen LogP contribution is -2.41. The minimum absolute atomic E-state index is 0.115. The van der Waals surface area contributed by atoms with Gasteiger partial charge in [-0.2, -0.15) is 0 Å². The number of anilines is 1. The molecule has 1 fully saturated rings. The van der Waals surface area contributed by atoms with Gasteiger partial charge in [0.25, 0.3) is 0 Å². The minimum atomic E-state index is -0.746. The Morgan fingerprint density at radius 2 is 2.20 bits per heavy atom. The molecule has 2 amide bonds. The van der Waals surface area contributed by atoms with Crippen molar-refractivity contribution in [3.05, 3.63) is 11.1 Å². The van der Waals surface area contributed by atoms with Crippen molar-refractivity contribution in [3.63, 3.8) is 0 Å². The molecule has 1 aliphatic rings. The van der Waals surface area contributed by atoms with E-state index >= 15 is 0 Å². The molecule has 1 aromatic rings. The van der Waals surface area contributed by atoms with Gasteiger partial charge in [-0.25, -0.2) is 9.78 Å². The molecule has 0 aliphatic carbocycles. The molecule has 1 aromatic heterocycles. The van der Waals surface area contributed by atoms with Crippen molar-refractivity contribution in [1.29, 1.82) is 0 Å². The fourth-order valence-electron chi connectivity index (χ4n) is 2.34. The third kappa shape index (κ3) is 4.19. The minimum Gasteiger partial charge on any atom is -0.481 e. The standard InChI is InChI=1S/C13H19N3O3S/c1-9-8-14-12(20-9)15-13(19)16-6-4-10(5-7-16)2-3-11(17)18/h8,10H,2-7H2,1H3,(H,17,18)(H,14,15,19). The second-order valence-electron chi connectivity index (χ2n) is 5.07. The summed E-state index contributed by atoms with van der Waals surface area (Å²) in [5.74, 6) is -0.332. The van der Waals surface area contributed by atoms with E-state index < -0.39 is 5.97 Å². The van der Waals surface area contributed by atoms with Crippen LogP contribution in [0.3, 0.4) is 0 Å². The van der Waals surface area contributed by atoms with E-state index in [1.165, 1.54) is 11.3 Å². The molecule has 0 aromatic carbocycles. The van der Waals surface area contributed by atoms with Crippen LogP contribution >= 0.6 is 11.3 Å². The highest BCUT2D eigenvalue weighted by molar-refractivity contribution is 7.15. The van der Waals surface area contributed by atoms with Crippen LogP contribution in [0.15, 0.2) is 6.20 Å². The van der Waals surface area contributed by atoms with Gasteiger partial charge in [-0.3, -0.25) is 10.1 Å². The van der Waals surface area contributed by atoms with E-state index in [2.05, 4.69) is 10.3 Å². The average molecular weight is 297 g/mol. The molecule has 0 spiro atoms. The number of amides is 2. The van der Waals surface area contributed by atoms with Crippen LogP contribution in [0, 0.1) is 12.8 Å². The van der Waals surface area contributed by atoms with E-state index in [1.807, 2.05) is 6.92 Å². The molecular formula is C13H19N3O3S. The first kappa shape index (κ1) is 14.8. The van der Waals surface area contributed by atoms with Crippen LogP contribution < -0.4 is 5.32 Å². The molecule has 2 heterocycles. The molecule has 6 nitrogen and oxygen atoms in total. The number of carbonyl (C=O) groups excluding carboxylic acids is 1. The Hall–Kier alpha value is -1.63. The number of thiazole rings is 1. The van der Waals surface area contributed by atoms with Crippen LogP contribution in [0.1, 0.15) is 30.6 Å². The van der Waals surface area contributed by atoms with Crippen LogP contribution in [0.25, 0.3) is 0 Å². The summed E-state index contributed by atoms with van der Waals surface area (Å²) >= 11 is 1.46. The highest BCUT2D eigenvalue weighted by Crippen LogP contribution is 2.23.